The van der Waals surface area contributed by atoms with Gasteiger partial charge in [-0.15, -0.1) is 10.2 Å². The predicted molar refractivity (Wildman–Crippen MR) is 97.7 cm³/mol. The van der Waals surface area contributed by atoms with E-state index in [1.54, 1.807) is 11.8 Å². The summed E-state index contributed by atoms with van der Waals surface area (Å²) in [4.78, 5) is 0. The standard InChI is InChI=1S/C20H20N2S/c1-14-4-7-17(8-5-14)13-23-20-11-10-19(21-22-20)18-9-6-15(2)12-16(18)3/h4-12H,13H2,1-3H3. The maximum Gasteiger partial charge on any atom is 0.119 e. The van der Waals surface area contributed by atoms with Gasteiger partial charge in [-0.05, 0) is 44.0 Å². The van der Waals surface area contributed by atoms with Crippen molar-refractivity contribution in [3.63, 3.8) is 0 Å². The molecular weight excluding hydrogens is 300 g/mol. The third kappa shape index (κ3) is 3.99. The van der Waals surface area contributed by atoms with E-state index in [0.717, 1.165) is 22.0 Å². The van der Waals surface area contributed by atoms with Crippen LogP contribution in [0.2, 0.25) is 0 Å². The molecule has 0 aliphatic heterocycles. The largest absolute Gasteiger partial charge is 0.149 e. The van der Waals surface area contributed by atoms with Gasteiger partial charge in [0.05, 0.1) is 5.69 Å². The van der Waals surface area contributed by atoms with Gasteiger partial charge in [0, 0.05) is 11.3 Å². The Morgan fingerprint density at radius 3 is 2.17 bits per heavy atom. The molecule has 116 valence electrons. The first-order chi connectivity index (χ1) is 11.1. The topological polar surface area (TPSA) is 25.8 Å². The molecule has 0 N–H and O–H groups in total. The first-order valence-electron chi connectivity index (χ1n) is 7.71. The van der Waals surface area contributed by atoms with Crippen molar-refractivity contribution in [3.05, 3.63) is 76.9 Å². The molecule has 0 aliphatic rings. The van der Waals surface area contributed by atoms with Crippen molar-refractivity contribution >= 4 is 11.8 Å². The molecule has 0 fully saturated rings. The second-order valence-corrected chi connectivity index (χ2v) is 6.85. The second kappa shape index (κ2) is 6.97. The minimum atomic E-state index is 0.915. The van der Waals surface area contributed by atoms with Crippen LogP contribution in [0.4, 0.5) is 0 Å². The van der Waals surface area contributed by atoms with Gasteiger partial charge in [0.1, 0.15) is 5.03 Å². The lowest BCUT2D eigenvalue weighted by molar-refractivity contribution is 0.934. The molecule has 2 nitrogen and oxygen atoms in total. The zero-order valence-corrected chi connectivity index (χ0v) is 14.5. The van der Waals surface area contributed by atoms with Crippen LogP contribution in [0.1, 0.15) is 22.3 Å². The van der Waals surface area contributed by atoms with E-state index in [0.29, 0.717) is 0 Å². The molecule has 0 atom stereocenters. The van der Waals surface area contributed by atoms with Crippen molar-refractivity contribution in [2.24, 2.45) is 0 Å². The summed E-state index contributed by atoms with van der Waals surface area (Å²) in [5.41, 5.74) is 7.18. The van der Waals surface area contributed by atoms with E-state index in [-0.39, 0.29) is 0 Å². The third-order valence-electron chi connectivity index (χ3n) is 3.81. The Bertz CT molecular complexity index is 793. The molecule has 1 aromatic heterocycles. The summed E-state index contributed by atoms with van der Waals surface area (Å²) in [5, 5.41) is 9.72. The van der Waals surface area contributed by atoms with E-state index in [2.05, 4.69) is 85.6 Å². The van der Waals surface area contributed by atoms with Crippen LogP contribution in [-0.4, -0.2) is 10.2 Å². The van der Waals surface area contributed by atoms with Gasteiger partial charge in [-0.1, -0.05) is 65.4 Å². The lowest BCUT2D eigenvalue weighted by Gasteiger charge is -2.06. The molecule has 0 bridgehead atoms. The van der Waals surface area contributed by atoms with Crippen molar-refractivity contribution in [3.8, 4) is 11.3 Å². The first-order valence-corrected chi connectivity index (χ1v) is 8.70. The van der Waals surface area contributed by atoms with Crippen molar-refractivity contribution in [2.45, 2.75) is 31.6 Å². The van der Waals surface area contributed by atoms with Crippen molar-refractivity contribution in [1.82, 2.24) is 10.2 Å². The number of aromatic nitrogens is 2. The Morgan fingerprint density at radius 2 is 1.52 bits per heavy atom. The highest BCUT2D eigenvalue weighted by Crippen LogP contribution is 2.25. The highest BCUT2D eigenvalue weighted by Gasteiger charge is 2.05. The summed E-state index contributed by atoms with van der Waals surface area (Å²) in [6, 6.07) is 19.1. The zero-order chi connectivity index (χ0) is 16.2. The summed E-state index contributed by atoms with van der Waals surface area (Å²) in [7, 11) is 0. The fourth-order valence-corrected chi connectivity index (χ4v) is 3.25. The number of hydrogen-bond donors (Lipinski definition) is 0. The van der Waals surface area contributed by atoms with Crippen LogP contribution >= 0.6 is 11.8 Å². The van der Waals surface area contributed by atoms with E-state index >= 15 is 0 Å². The predicted octanol–water partition coefficient (Wildman–Crippen LogP) is 5.36. The molecule has 0 radical (unpaired) electrons. The van der Waals surface area contributed by atoms with E-state index < -0.39 is 0 Å². The number of aryl methyl sites for hydroxylation is 3. The lowest BCUT2D eigenvalue weighted by atomic mass is 10.0. The highest BCUT2D eigenvalue weighted by molar-refractivity contribution is 7.98. The van der Waals surface area contributed by atoms with E-state index in [9.17, 15) is 0 Å². The Hall–Kier alpha value is -2.13. The number of nitrogens with zero attached hydrogens (tertiary/aromatic N) is 2. The maximum absolute atomic E-state index is 4.40. The Morgan fingerprint density at radius 1 is 0.783 bits per heavy atom. The average molecular weight is 320 g/mol. The monoisotopic (exact) mass is 320 g/mol. The van der Waals surface area contributed by atoms with Gasteiger partial charge in [-0.3, -0.25) is 0 Å². The fourth-order valence-electron chi connectivity index (χ4n) is 2.48. The first kappa shape index (κ1) is 15.8. The molecule has 0 amide bonds. The van der Waals surface area contributed by atoms with Gasteiger partial charge in [-0.2, -0.15) is 0 Å². The maximum atomic E-state index is 4.40. The number of rotatable bonds is 4. The molecule has 3 rings (SSSR count). The van der Waals surface area contributed by atoms with E-state index in [1.807, 2.05) is 0 Å². The smallest absolute Gasteiger partial charge is 0.119 e. The lowest BCUT2D eigenvalue weighted by Crippen LogP contribution is -1.92. The van der Waals surface area contributed by atoms with Crippen LogP contribution in [0.5, 0.6) is 0 Å². The van der Waals surface area contributed by atoms with Crippen LogP contribution in [0.3, 0.4) is 0 Å². The normalized spacial score (nSPS) is 10.7. The second-order valence-electron chi connectivity index (χ2n) is 5.85. The molecule has 0 saturated carbocycles. The molecule has 23 heavy (non-hydrogen) atoms. The summed E-state index contributed by atoms with van der Waals surface area (Å²) >= 11 is 1.72. The molecule has 0 spiro atoms. The molecule has 3 heteroatoms. The quantitative estimate of drug-likeness (QED) is 0.605. The molecule has 2 aromatic carbocycles. The van der Waals surface area contributed by atoms with Gasteiger partial charge in [0.25, 0.3) is 0 Å². The summed E-state index contributed by atoms with van der Waals surface area (Å²) in [6.45, 7) is 6.32. The number of thioether (sulfide) groups is 1. The Kier molecular flexibility index (Phi) is 4.77. The minimum absolute atomic E-state index is 0.915. The summed E-state index contributed by atoms with van der Waals surface area (Å²) in [5.74, 6) is 0.915. The van der Waals surface area contributed by atoms with Crippen LogP contribution in [0.25, 0.3) is 11.3 Å². The fraction of sp³-hybridized carbons (Fsp3) is 0.200. The SMILES string of the molecule is Cc1ccc(CSc2ccc(-c3ccc(C)cc3C)nn2)cc1. The molecule has 0 aliphatic carbocycles. The van der Waals surface area contributed by atoms with E-state index in [4.69, 9.17) is 0 Å². The van der Waals surface area contributed by atoms with Crippen molar-refractivity contribution < 1.29 is 0 Å². The minimum Gasteiger partial charge on any atom is -0.149 e. The van der Waals surface area contributed by atoms with Crippen LogP contribution in [0.15, 0.2) is 59.6 Å². The van der Waals surface area contributed by atoms with E-state index in [1.165, 1.54) is 22.3 Å². The number of hydrogen-bond acceptors (Lipinski definition) is 3. The summed E-state index contributed by atoms with van der Waals surface area (Å²) < 4.78 is 0. The van der Waals surface area contributed by atoms with Gasteiger partial charge >= 0.3 is 0 Å². The van der Waals surface area contributed by atoms with Gasteiger partial charge in [-0.25, -0.2) is 0 Å². The van der Waals surface area contributed by atoms with Crippen molar-refractivity contribution in [2.75, 3.05) is 0 Å². The molecule has 0 saturated heterocycles. The van der Waals surface area contributed by atoms with Gasteiger partial charge in [0.15, 0.2) is 0 Å². The number of benzene rings is 2. The van der Waals surface area contributed by atoms with Gasteiger partial charge < -0.3 is 0 Å². The van der Waals surface area contributed by atoms with Crippen LogP contribution in [-0.2, 0) is 5.75 Å². The average Bonchev–Trinajstić information content (AvgIpc) is 2.55. The highest BCUT2D eigenvalue weighted by atomic mass is 32.2. The molecule has 3 aromatic rings. The molecule has 1 heterocycles. The van der Waals surface area contributed by atoms with Crippen LogP contribution in [0, 0.1) is 20.8 Å². The molecular formula is C20H20N2S. The Labute approximate surface area is 142 Å². The summed E-state index contributed by atoms with van der Waals surface area (Å²) in [6.07, 6.45) is 0. The van der Waals surface area contributed by atoms with Crippen molar-refractivity contribution in [1.29, 1.82) is 0 Å². The van der Waals surface area contributed by atoms with Crippen LogP contribution < -0.4 is 0 Å². The van der Waals surface area contributed by atoms with Gasteiger partial charge in [0.2, 0.25) is 0 Å². The Balaban J connectivity index is 1.70. The molecule has 0 unspecified atom stereocenters. The zero-order valence-electron chi connectivity index (χ0n) is 13.7. The third-order valence-corrected chi connectivity index (χ3v) is 4.80.